The lowest BCUT2D eigenvalue weighted by molar-refractivity contribution is -0.144. The van der Waals surface area contributed by atoms with Crippen molar-refractivity contribution in [1.29, 1.82) is 0 Å². The zero-order valence-electron chi connectivity index (χ0n) is 14.3. The Morgan fingerprint density at radius 3 is 2.41 bits per heavy atom. The summed E-state index contributed by atoms with van der Waals surface area (Å²) >= 11 is 5.84. The lowest BCUT2D eigenvalue weighted by Crippen LogP contribution is -2.41. The van der Waals surface area contributed by atoms with Crippen LogP contribution in [0.4, 0.5) is 23.6 Å². The van der Waals surface area contributed by atoms with Crippen LogP contribution < -0.4 is 16.0 Å². The minimum absolute atomic E-state index is 0.0959. The number of aromatic nitrogens is 3. The number of nitrogens with one attached hydrogen (secondary N) is 1. The van der Waals surface area contributed by atoms with Crippen LogP contribution >= 0.6 is 11.6 Å². The maximum absolute atomic E-state index is 14.6. The second kappa shape index (κ2) is 6.59. The van der Waals surface area contributed by atoms with Crippen LogP contribution in [0.2, 0.25) is 5.02 Å². The molecule has 2 heterocycles. The van der Waals surface area contributed by atoms with E-state index < -0.39 is 56.2 Å². The first kappa shape index (κ1) is 20.9. The summed E-state index contributed by atoms with van der Waals surface area (Å²) in [4.78, 5) is 28.4. The fourth-order valence-corrected chi connectivity index (χ4v) is 3.14. The number of rotatable bonds is 3. The van der Waals surface area contributed by atoms with Gasteiger partial charge in [-0.3, -0.25) is 9.36 Å². The maximum Gasteiger partial charge on any atom is 0.431 e. The van der Waals surface area contributed by atoms with Crippen LogP contribution in [0, 0.1) is 5.82 Å². The summed E-state index contributed by atoms with van der Waals surface area (Å²) in [5, 5.41) is -0.358. The summed E-state index contributed by atoms with van der Waals surface area (Å²) in [7, 11) is -3.13. The van der Waals surface area contributed by atoms with Crippen molar-refractivity contribution in [2.75, 3.05) is 11.0 Å². The smallest absolute Gasteiger partial charge is 0.420 e. The van der Waals surface area contributed by atoms with Crippen molar-refractivity contribution in [2.24, 2.45) is 7.05 Å². The Kier molecular flexibility index (Phi) is 4.74. The second-order valence-corrected chi connectivity index (χ2v) is 7.96. The van der Waals surface area contributed by atoms with Gasteiger partial charge in [-0.25, -0.2) is 26.9 Å². The van der Waals surface area contributed by atoms with Crippen molar-refractivity contribution >= 4 is 38.7 Å². The number of hydrogen-bond donors (Lipinski definition) is 1. The van der Waals surface area contributed by atoms with E-state index in [-0.39, 0.29) is 25.7 Å². The van der Waals surface area contributed by atoms with E-state index in [1.807, 2.05) is 4.72 Å². The molecule has 0 spiro atoms. The highest BCUT2D eigenvalue weighted by Gasteiger charge is 2.35. The van der Waals surface area contributed by atoms with Crippen molar-refractivity contribution in [3.63, 3.8) is 0 Å². The zero-order valence-corrected chi connectivity index (χ0v) is 15.9. The molecule has 9 nitrogen and oxygen atoms in total. The average molecular weight is 457 g/mol. The van der Waals surface area contributed by atoms with Crippen molar-refractivity contribution in [2.45, 2.75) is 6.18 Å². The van der Waals surface area contributed by atoms with Crippen molar-refractivity contribution in [1.82, 2.24) is 14.1 Å². The van der Waals surface area contributed by atoms with Crippen LogP contribution in [0.1, 0.15) is 5.69 Å². The molecule has 156 valence electrons. The van der Waals surface area contributed by atoms with E-state index in [2.05, 4.69) is 4.98 Å². The SMILES string of the molecule is Cn1c(C(F)(F)F)cc(=O)n(-c2c(F)cc(Cl)c3nc(NS(C)(=O)=O)oc23)c1=O. The monoisotopic (exact) mass is 456 g/mol. The fraction of sp³-hybridized carbons (Fsp3) is 0.214. The Hall–Kier alpha value is -2.87. The summed E-state index contributed by atoms with van der Waals surface area (Å²) in [6.45, 7) is 0. The predicted octanol–water partition coefficient (Wildman–Crippen LogP) is 1.86. The van der Waals surface area contributed by atoms with E-state index >= 15 is 0 Å². The molecule has 0 saturated heterocycles. The summed E-state index contributed by atoms with van der Waals surface area (Å²) < 4.78 is 83.4. The number of benzene rings is 1. The van der Waals surface area contributed by atoms with Crippen LogP contribution in [-0.4, -0.2) is 28.8 Å². The third-order valence-corrected chi connectivity index (χ3v) is 4.49. The molecule has 1 aromatic carbocycles. The minimum Gasteiger partial charge on any atom is -0.420 e. The number of sulfonamides is 1. The molecule has 2 aromatic heterocycles. The number of halogens is 5. The van der Waals surface area contributed by atoms with E-state index in [4.69, 9.17) is 16.0 Å². The third kappa shape index (κ3) is 3.72. The molecule has 0 aliphatic carbocycles. The zero-order chi connectivity index (χ0) is 21.9. The molecule has 0 aliphatic heterocycles. The van der Waals surface area contributed by atoms with Gasteiger partial charge in [0.2, 0.25) is 10.0 Å². The predicted molar refractivity (Wildman–Crippen MR) is 93.3 cm³/mol. The van der Waals surface area contributed by atoms with Crippen LogP contribution in [0.5, 0.6) is 0 Å². The molecule has 0 aliphatic rings. The van der Waals surface area contributed by atoms with Crippen LogP contribution in [0.3, 0.4) is 0 Å². The molecule has 15 heteroatoms. The molecule has 29 heavy (non-hydrogen) atoms. The van der Waals surface area contributed by atoms with E-state index in [1.165, 1.54) is 0 Å². The number of fused-ring (bicyclic) bond motifs is 1. The highest BCUT2D eigenvalue weighted by atomic mass is 35.5. The lowest BCUT2D eigenvalue weighted by atomic mass is 10.2. The van der Waals surface area contributed by atoms with E-state index in [0.29, 0.717) is 6.07 Å². The quantitative estimate of drug-likeness (QED) is 0.601. The fourth-order valence-electron chi connectivity index (χ4n) is 2.51. The molecule has 0 bridgehead atoms. The van der Waals surface area contributed by atoms with Crippen LogP contribution in [0.15, 0.2) is 26.1 Å². The first-order chi connectivity index (χ1) is 13.2. The Bertz CT molecular complexity index is 1370. The Balaban J connectivity index is 2.41. The Labute approximate surface area is 163 Å². The first-order valence-corrected chi connectivity index (χ1v) is 9.64. The van der Waals surface area contributed by atoms with Crippen LogP contribution in [-0.2, 0) is 23.2 Å². The summed E-state index contributed by atoms with van der Waals surface area (Å²) in [6.07, 6.45) is -4.25. The van der Waals surface area contributed by atoms with Crippen molar-refractivity contribution in [3.05, 3.63) is 49.5 Å². The normalized spacial score (nSPS) is 12.5. The van der Waals surface area contributed by atoms with Gasteiger partial charge in [-0.2, -0.15) is 18.2 Å². The van der Waals surface area contributed by atoms with Gasteiger partial charge in [-0.05, 0) is 6.07 Å². The molecule has 3 aromatic rings. The maximum atomic E-state index is 14.6. The Morgan fingerprint density at radius 1 is 1.24 bits per heavy atom. The Morgan fingerprint density at radius 2 is 1.86 bits per heavy atom. The van der Waals surface area contributed by atoms with Crippen molar-refractivity contribution in [3.8, 4) is 5.69 Å². The number of hydrogen-bond acceptors (Lipinski definition) is 6. The highest BCUT2D eigenvalue weighted by Crippen LogP contribution is 2.33. The molecular weight excluding hydrogens is 448 g/mol. The summed E-state index contributed by atoms with van der Waals surface area (Å²) in [5.41, 5.74) is -6.41. The van der Waals surface area contributed by atoms with Gasteiger partial charge in [0.25, 0.3) is 5.56 Å². The molecule has 0 atom stereocenters. The van der Waals surface area contributed by atoms with E-state index in [9.17, 15) is 35.6 Å². The number of nitrogens with zero attached hydrogens (tertiary/aromatic N) is 3. The van der Waals surface area contributed by atoms with Gasteiger partial charge in [0.05, 0.1) is 11.3 Å². The van der Waals surface area contributed by atoms with Gasteiger partial charge in [-0.15, -0.1) is 0 Å². The van der Waals surface area contributed by atoms with Crippen molar-refractivity contribution < 1.29 is 30.4 Å². The number of anilines is 1. The number of oxazole rings is 1. The summed E-state index contributed by atoms with van der Waals surface area (Å²) in [5.74, 6) is -1.29. The van der Waals surface area contributed by atoms with E-state index in [0.717, 1.165) is 13.3 Å². The van der Waals surface area contributed by atoms with Gasteiger partial charge in [0, 0.05) is 13.1 Å². The van der Waals surface area contributed by atoms with Gasteiger partial charge in [0.1, 0.15) is 16.9 Å². The topological polar surface area (TPSA) is 116 Å². The second-order valence-electron chi connectivity index (χ2n) is 5.80. The molecule has 1 N–H and O–H groups in total. The molecule has 0 saturated carbocycles. The summed E-state index contributed by atoms with van der Waals surface area (Å²) in [6, 6.07) is 0.0936. The van der Waals surface area contributed by atoms with Gasteiger partial charge in [-0.1, -0.05) is 11.6 Å². The van der Waals surface area contributed by atoms with Crippen LogP contribution in [0.25, 0.3) is 16.8 Å². The standard InChI is InChI=1S/C14H9ClF4N4O5S/c1-22-7(14(17,18)19)4-8(24)23(13(22)25)10-6(16)3-5(15)9-11(10)28-12(20-9)21-29(2,26)27/h3-4H,1-2H3,(H,20,21). The minimum atomic E-state index is -5.02. The molecular formula is C14H9ClF4N4O5S. The molecule has 0 radical (unpaired) electrons. The molecule has 0 unspecified atom stereocenters. The molecule has 3 rings (SSSR count). The van der Waals surface area contributed by atoms with Gasteiger partial charge in [0.15, 0.2) is 11.4 Å². The molecule has 0 amide bonds. The largest absolute Gasteiger partial charge is 0.431 e. The highest BCUT2D eigenvalue weighted by molar-refractivity contribution is 7.91. The average Bonchev–Trinajstić information content (AvgIpc) is 2.94. The lowest BCUT2D eigenvalue weighted by Gasteiger charge is -2.14. The van der Waals surface area contributed by atoms with E-state index in [1.54, 1.807) is 0 Å². The molecule has 0 fully saturated rings. The van der Waals surface area contributed by atoms with Gasteiger partial charge >= 0.3 is 17.9 Å². The third-order valence-electron chi connectivity index (χ3n) is 3.66. The first-order valence-electron chi connectivity index (χ1n) is 7.37. The number of alkyl halides is 3. The van der Waals surface area contributed by atoms with Gasteiger partial charge < -0.3 is 4.42 Å².